The SMILES string of the molecule is O=C(O)N1CCN(c2c(Cl)cccc2[N+](=O)[O-])CC1. The largest absolute Gasteiger partial charge is 0.465 e. The molecule has 1 fully saturated rings. The minimum absolute atomic E-state index is 0.0590. The van der Waals surface area contributed by atoms with Crippen molar-refractivity contribution in [2.45, 2.75) is 0 Å². The van der Waals surface area contributed by atoms with E-state index in [0.29, 0.717) is 36.9 Å². The lowest BCUT2D eigenvalue weighted by molar-refractivity contribution is -0.384. The molecule has 2 rings (SSSR count). The highest BCUT2D eigenvalue weighted by atomic mass is 35.5. The standard InChI is InChI=1S/C11H12ClN3O4/c12-8-2-1-3-9(15(18)19)10(8)13-4-6-14(7-5-13)11(16)17/h1-3H,4-7H2,(H,16,17). The number of para-hydroxylation sites is 1. The third-order valence-electron chi connectivity index (χ3n) is 3.03. The van der Waals surface area contributed by atoms with Gasteiger partial charge in [0.2, 0.25) is 0 Å². The summed E-state index contributed by atoms with van der Waals surface area (Å²) < 4.78 is 0. The van der Waals surface area contributed by atoms with E-state index in [0.717, 1.165) is 0 Å². The predicted octanol–water partition coefficient (Wildman–Crippen LogP) is 2.05. The minimum Gasteiger partial charge on any atom is -0.465 e. The van der Waals surface area contributed by atoms with Crippen molar-refractivity contribution in [2.24, 2.45) is 0 Å². The summed E-state index contributed by atoms with van der Waals surface area (Å²) in [5.41, 5.74) is 0.301. The molecular formula is C11H12ClN3O4. The van der Waals surface area contributed by atoms with Gasteiger partial charge in [0, 0.05) is 32.2 Å². The first-order chi connectivity index (χ1) is 9.00. The van der Waals surface area contributed by atoms with Gasteiger partial charge in [-0.3, -0.25) is 10.1 Å². The summed E-state index contributed by atoms with van der Waals surface area (Å²) in [6, 6.07) is 4.51. The van der Waals surface area contributed by atoms with Crippen LogP contribution in [0, 0.1) is 10.1 Å². The van der Waals surface area contributed by atoms with Crippen LogP contribution in [0.25, 0.3) is 0 Å². The maximum absolute atomic E-state index is 11.0. The van der Waals surface area contributed by atoms with Gasteiger partial charge in [0.05, 0.1) is 9.95 Å². The molecule has 0 bridgehead atoms. The number of amides is 1. The Morgan fingerprint density at radius 2 is 1.95 bits per heavy atom. The van der Waals surface area contributed by atoms with Crippen molar-refractivity contribution < 1.29 is 14.8 Å². The normalized spacial score (nSPS) is 15.4. The van der Waals surface area contributed by atoms with Crippen molar-refractivity contribution in [1.29, 1.82) is 0 Å². The van der Waals surface area contributed by atoms with E-state index in [1.807, 2.05) is 0 Å². The number of rotatable bonds is 2. The summed E-state index contributed by atoms with van der Waals surface area (Å²) in [6.45, 7) is 1.38. The lowest BCUT2D eigenvalue weighted by Crippen LogP contribution is -2.48. The number of benzene rings is 1. The Morgan fingerprint density at radius 1 is 1.32 bits per heavy atom. The Hall–Kier alpha value is -2.02. The zero-order valence-corrected chi connectivity index (χ0v) is 10.7. The van der Waals surface area contributed by atoms with Crippen molar-refractivity contribution >= 4 is 29.1 Å². The zero-order chi connectivity index (χ0) is 14.0. The summed E-state index contributed by atoms with van der Waals surface area (Å²) in [7, 11) is 0. The number of nitrogens with zero attached hydrogens (tertiary/aromatic N) is 3. The molecule has 0 radical (unpaired) electrons. The number of piperazine rings is 1. The third-order valence-corrected chi connectivity index (χ3v) is 3.33. The first-order valence-corrected chi connectivity index (χ1v) is 6.04. The van der Waals surface area contributed by atoms with Crippen LogP contribution in [0.3, 0.4) is 0 Å². The number of hydrogen-bond donors (Lipinski definition) is 1. The molecule has 8 heteroatoms. The molecule has 1 aliphatic rings. The van der Waals surface area contributed by atoms with Crippen LogP contribution >= 0.6 is 11.6 Å². The summed E-state index contributed by atoms with van der Waals surface area (Å²) in [4.78, 5) is 24.4. The first kappa shape index (κ1) is 13.4. The Kier molecular flexibility index (Phi) is 3.75. The van der Waals surface area contributed by atoms with Gasteiger partial charge in [0.1, 0.15) is 5.69 Å². The number of nitro groups is 1. The molecule has 1 aromatic carbocycles. The van der Waals surface area contributed by atoms with Gasteiger partial charge in [-0.25, -0.2) is 4.79 Å². The molecule has 0 spiro atoms. The van der Waals surface area contributed by atoms with Crippen molar-refractivity contribution in [3.63, 3.8) is 0 Å². The number of anilines is 1. The average Bonchev–Trinajstić information content (AvgIpc) is 2.38. The smallest absolute Gasteiger partial charge is 0.407 e. The Labute approximate surface area is 114 Å². The molecule has 0 aliphatic carbocycles. The molecule has 1 aromatic rings. The number of carbonyl (C=O) groups is 1. The summed E-state index contributed by atoms with van der Waals surface area (Å²) >= 11 is 6.03. The van der Waals surface area contributed by atoms with Crippen molar-refractivity contribution in [1.82, 2.24) is 4.90 Å². The van der Waals surface area contributed by atoms with Gasteiger partial charge in [-0.15, -0.1) is 0 Å². The van der Waals surface area contributed by atoms with Gasteiger partial charge < -0.3 is 14.9 Å². The molecule has 1 saturated heterocycles. The quantitative estimate of drug-likeness (QED) is 0.664. The highest BCUT2D eigenvalue weighted by Gasteiger charge is 2.27. The van der Waals surface area contributed by atoms with E-state index in [9.17, 15) is 14.9 Å². The van der Waals surface area contributed by atoms with Gasteiger partial charge in [-0.2, -0.15) is 0 Å². The molecule has 19 heavy (non-hydrogen) atoms. The second kappa shape index (κ2) is 5.31. The fourth-order valence-corrected chi connectivity index (χ4v) is 2.37. The highest BCUT2D eigenvalue weighted by molar-refractivity contribution is 6.33. The number of hydrogen-bond acceptors (Lipinski definition) is 4. The van der Waals surface area contributed by atoms with Gasteiger partial charge in [0.15, 0.2) is 0 Å². The zero-order valence-electron chi connectivity index (χ0n) is 9.95. The third kappa shape index (κ3) is 2.70. The predicted molar refractivity (Wildman–Crippen MR) is 69.9 cm³/mol. The van der Waals surface area contributed by atoms with Gasteiger partial charge >= 0.3 is 6.09 Å². The Bertz CT molecular complexity index is 515. The molecule has 0 atom stereocenters. The van der Waals surface area contributed by atoms with Crippen LogP contribution in [-0.4, -0.2) is 47.2 Å². The highest BCUT2D eigenvalue weighted by Crippen LogP contribution is 2.35. The first-order valence-electron chi connectivity index (χ1n) is 5.66. The van der Waals surface area contributed by atoms with E-state index in [1.165, 1.54) is 17.0 Å². The summed E-state index contributed by atoms with van der Waals surface area (Å²) in [5, 5.41) is 20.2. The topological polar surface area (TPSA) is 86.9 Å². The van der Waals surface area contributed by atoms with Crippen LogP contribution < -0.4 is 4.90 Å². The van der Waals surface area contributed by atoms with Crippen molar-refractivity contribution in [2.75, 3.05) is 31.1 Å². The Morgan fingerprint density at radius 3 is 2.47 bits per heavy atom. The second-order valence-corrected chi connectivity index (χ2v) is 4.53. The lowest BCUT2D eigenvalue weighted by Gasteiger charge is -2.34. The van der Waals surface area contributed by atoms with Gasteiger partial charge in [-0.05, 0) is 6.07 Å². The van der Waals surface area contributed by atoms with Crippen LogP contribution in [-0.2, 0) is 0 Å². The summed E-state index contributed by atoms with van der Waals surface area (Å²) in [6.07, 6.45) is -0.978. The molecule has 1 N–H and O–H groups in total. The molecule has 102 valence electrons. The fourth-order valence-electron chi connectivity index (χ4n) is 2.09. The fraction of sp³-hybridized carbons (Fsp3) is 0.364. The van der Waals surface area contributed by atoms with E-state index in [2.05, 4.69) is 0 Å². The number of nitro benzene ring substituents is 1. The van der Waals surface area contributed by atoms with E-state index in [4.69, 9.17) is 16.7 Å². The molecule has 1 amide bonds. The minimum atomic E-state index is -0.978. The molecular weight excluding hydrogens is 274 g/mol. The number of halogens is 1. The van der Waals surface area contributed by atoms with E-state index >= 15 is 0 Å². The van der Waals surface area contributed by atoms with E-state index in [1.54, 1.807) is 11.0 Å². The number of carboxylic acid groups (broad SMARTS) is 1. The molecule has 0 aromatic heterocycles. The second-order valence-electron chi connectivity index (χ2n) is 4.12. The van der Waals surface area contributed by atoms with Crippen molar-refractivity contribution in [3.8, 4) is 0 Å². The molecule has 1 aliphatic heterocycles. The molecule has 0 saturated carbocycles. The van der Waals surface area contributed by atoms with Gasteiger partial charge in [0.25, 0.3) is 5.69 Å². The average molecular weight is 286 g/mol. The lowest BCUT2D eigenvalue weighted by atomic mass is 10.2. The van der Waals surface area contributed by atoms with Crippen LogP contribution in [0.4, 0.5) is 16.2 Å². The van der Waals surface area contributed by atoms with E-state index < -0.39 is 11.0 Å². The molecule has 7 nitrogen and oxygen atoms in total. The van der Waals surface area contributed by atoms with Gasteiger partial charge in [-0.1, -0.05) is 17.7 Å². The van der Waals surface area contributed by atoms with Crippen LogP contribution in [0.2, 0.25) is 5.02 Å². The monoisotopic (exact) mass is 285 g/mol. The van der Waals surface area contributed by atoms with Crippen LogP contribution in [0.1, 0.15) is 0 Å². The Balaban J connectivity index is 2.24. The molecule has 1 heterocycles. The van der Waals surface area contributed by atoms with Crippen LogP contribution in [0.5, 0.6) is 0 Å². The van der Waals surface area contributed by atoms with Crippen LogP contribution in [0.15, 0.2) is 18.2 Å². The maximum atomic E-state index is 11.0. The van der Waals surface area contributed by atoms with E-state index in [-0.39, 0.29) is 5.69 Å². The summed E-state index contributed by atoms with van der Waals surface area (Å²) in [5.74, 6) is 0. The maximum Gasteiger partial charge on any atom is 0.407 e. The molecule has 0 unspecified atom stereocenters. The van der Waals surface area contributed by atoms with Crippen molar-refractivity contribution in [3.05, 3.63) is 33.3 Å².